The number of carbonyl (C=O) groups is 1. The van der Waals surface area contributed by atoms with Gasteiger partial charge in [0.15, 0.2) is 0 Å². The third-order valence-corrected chi connectivity index (χ3v) is 3.71. The van der Waals surface area contributed by atoms with Crippen molar-refractivity contribution in [3.8, 4) is 5.88 Å². The van der Waals surface area contributed by atoms with Crippen LogP contribution in [0.2, 0.25) is 0 Å². The van der Waals surface area contributed by atoms with Crippen LogP contribution in [0.3, 0.4) is 0 Å². The van der Waals surface area contributed by atoms with Crippen LogP contribution >= 0.6 is 0 Å². The van der Waals surface area contributed by atoms with E-state index in [0.29, 0.717) is 18.2 Å². The molecule has 0 atom stereocenters. The molecule has 1 aliphatic heterocycles. The predicted octanol–water partition coefficient (Wildman–Crippen LogP) is 0.633. The zero-order valence-corrected chi connectivity index (χ0v) is 12.6. The lowest BCUT2D eigenvalue weighted by Gasteiger charge is -2.26. The van der Waals surface area contributed by atoms with Gasteiger partial charge in [0.25, 0.3) is 5.91 Å². The zero-order valence-electron chi connectivity index (χ0n) is 12.6. The highest BCUT2D eigenvalue weighted by atomic mass is 16.5. The maximum atomic E-state index is 11.6. The van der Waals surface area contributed by atoms with Gasteiger partial charge in [-0.3, -0.25) is 9.69 Å². The number of rotatable bonds is 5. The Balaban J connectivity index is 1.60. The van der Waals surface area contributed by atoms with E-state index in [1.807, 2.05) is 6.07 Å². The van der Waals surface area contributed by atoms with Crippen molar-refractivity contribution in [3.05, 3.63) is 24.0 Å². The van der Waals surface area contributed by atoms with Crippen LogP contribution in [-0.2, 0) is 4.74 Å². The van der Waals surface area contributed by atoms with E-state index in [2.05, 4.69) is 20.2 Å². The number of fused-ring (bicyclic) bond motifs is 1. The van der Waals surface area contributed by atoms with Crippen LogP contribution in [0.1, 0.15) is 10.5 Å². The molecule has 1 saturated heterocycles. The maximum absolute atomic E-state index is 11.6. The van der Waals surface area contributed by atoms with Crippen molar-refractivity contribution in [3.63, 3.8) is 0 Å². The molecule has 0 spiro atoms. The Morgan fingerprint density at radius 1 is 1.45 bits per heavy atom. The Morgan fingerprint density at radius 3 is 3.05 bits per heavy atom. The lowest BCUT2D eigenvalue weighted by Crippen LogP contribution is -2.38. The van der Waals surface area contributed by atoms with Crippen molar-refractivity contribution in [2.75, 3.05) is 46.5 Å². The number of H-pyrrole nitrogens is 1. The zero-order chi connectivity index (χ0) is 15.4. The Morgan fingerprint density at radius 2 is 2.27 bits per heavy atom. The van der Waals surface area contributed by atoms with E-state index in [0.717, 1.165) is 43.8 Å². The highest BCUT2D eigenvalue weighted by Crippen LogP contribution is 2.19. The summed E-state index contributed by atoms with van der Waals surface area (Å²) >= 11 is 0. The lowest BCUT2D eigenvalue weighted by molar-refractivity contribution is 0.0320. The topological polar surface area (TPSA) is 79.5 Å². The molecule has 7 heteroatoms. The molecule has 0 aromatic carbocycles. The minimum Gasteiger partial charge on any atom is -0.476 e. The normalized spacial score (nSPS) is 15.9. The summed E-state index contributed by atoms with van der Waals surface area (Å²) < 4.78 is 11.0. The fraction of sp³-hybridized carbons (Fsp3) is 0.467. The van der Waals surface area contributed by atoms with Gasteiger partial charge in [-0.25, -0.2) is 4.98 Å². The summed E-state index contributed by atoms with van der Waals surface area (Å²) in [5.41, 5.74) is 1.34. The van der Waals surface area contributed by atoms with Crippen LogP contribution in [-0.4, -0.2) is 67.3 Å². The molecule has 3 rings (SSSR count). The summed E-state index contributed by atoms with van der Waals surface area (Å²) in [5, 5.41) is 3.50. The Labute approximate surface area is 128 Å². The average Bonchev–Trinajstić information content (AvgIpc) is 2.98. The molecule has 2 aromatic rings. The van der Waals surface area contributed by atoms with Crippen molar-refractivity contribution >= 4 is 16.8 Å². The molecule has 0 radical (unpaired) electrons. The summed E-state index contributed by atoms with van der Waals surface area (Å²) in [5.74, 6) is 0.425. The number of hydrogen-bond donors (Lipinski definition) is 2. The van der Waals surface area contributed by atoms with E-state index in [1.165, 1.54) is 0 Å². The number of aromatic nitrogens is 2. The van der Waals surface area contributed by atoms with Crippen molar-refractivity contribution in [2.45, 2.75) is 0 Å². The Kier molecular flexibility index (Phi) is 4.55. The first-order valence-electron chi connectivity index (χ1n) is 7.40. The average molecular weight is 304 g/mol. The minimum atomic E-state index is -0.147. The largest absolute Gasteiger partial charge is 0.476 e. The number of morpholine rings is 1. The van der Waals surface area contributed by atoms with Crippen LogP contribution in [0.4, 0.5) is 0 Å². The van der Waals surface area contributed by atoms with Crippen LogP contribution in [0.5, 0.6) is 5.88 Å². The molecular formula is C15H20N4O3. The van der Waals surface area contributed by atoms with Crippen molar-refractivity contribution in [2.24, 2.45) is 0 Å². The first kappa shape index (κ1) is 14.8. The standard InChI is InChI=1S/C15H20N4O3/c1-16-15(20)12-8-11-9-14(17-10-13(11)18-12)22-7-4-19-2-5-21-6-3-19/h8-10,18H,2-7H2,1H3,(H,16,20). The molecule has 1 amide bonds. The molecule has 0 unspecified atom stereocenters. The summed E-state index contributed by atoms with van der Waals surface area (Å²) in [6.45, 7) is 4.92. The number of pyridine rings is 1. The van der Waals surface area contributed by atoms with Crippen molar-refractivity contribution in [1.82, 2.24) is 20.2 Å². The first-order chi connectivity index (χ1) is 10.8. The third kappa shape index (κ3) is 3.37. The first-order valence-corrected chi connectivity index (χ1v) is 7.40. The number of nitrogens with one attached hydrogen (secondary N) is 2. The molecule has 0 aliphatic carbocycles. The van der Waals surface area contributed by atoms with E-state index in [-0.39, 0.29) is 5.91 Å². The second kappa shape index (κ2) is 6.76. The van der Waals surface area contributed by atoms with Crippen molar-refractivity contribution < 1.29 is 14.3 Å². The molecule has 118 valence electrons. The molecule has 2 aromatic heterocycles. The second-order valence-corrected chi connectivity index (χ2v) is 5.17. The van der Waals surface area contributed by atoms with Gasteiger partial charge >= 0.3 is 0 Å². The SMILES string of the molecule is CNC(=O)c1cc2cc(OCCN3CCOCC3)ncc2[nH]1. The number of amides is 1. The van der Waals surface area contributed by atoms with Crippen LogP contribution in [0, 0.1) is 0 Å². The fourth-order valence-corrected chi connectivity index (χ4v) is 2.45. The monoisotopic (exact) mass is 304 g/mol. The summed E-state index contributed by atoms with van der Waals surface area (Å²) in [4.78, 5) is 21.2. The van der Waals surface area contributed by atoms with Crippen molar-refractivity contribution in [1.29, 1.82) is 0 Å². The van der Waals surface area contributed by atoms with Gasteiger partial charge < -0.3 is 19.8 Å². The Bertz CT molecular complexity index is 649. The van der Waals surface area contributed by atoms with E-state index >= 15 is 0 Å². The van der Waals surface area contributed by atoms with E-state index in [1.54, 1.807) is 19.3 Å². The lowest BCUT2D eigenvalue weighted by atomic mass is 10.3. The van der Waals surface area contributed by atoms with E-state index in [4.69, 9.17) is 9.47 Å². The van der Waals surface area contributed by atoms with Gasteiger partial charge in [-0.1, -0.05) is 0 Å². The van der Waals surface area contributed by atoms with Crippen LogP contribution < -0.4 is 10.1 Å². The van der Waals surface area contributed by atoms with Crippen LogP contribution in [0.15, 0.2) is 18.3 Å². The maximum Gasteiger partial charge on any atom is 0.267 e. The minimum absolute atomic E-state index is 0.147. The number of ether oxygens (including phenoxy) is 2. The molecule has 3 heterocycles. The van der Waals surface area contributed by atoms with Gasteiger partial charge in [-0.2, -0.15) is 0 Å². The number of nitrogens with zero attached hydrogens (tertiary/aromatic N) is 2. The van der Waals surface area contributed by atoms with Gasteiger partial charge in [-0.15, -0.1) is 0 Å². The molecule has 1 fully saturated rings. The predicted molar refractivity (Wildman–Crippen MR) is 82.2 cm³/mol. The summed E-state index contributed by atoms with van der Waals surface area (Å²) in [6.07, 6.45) is 1.69. The van der Waals surface area contributed by atoms with E-state index < -0.39 is 0 Å². The van der Waals surface area contributed by atoms with Gasteiger partial charge in [0, 0.05) is 38.1 Å². The molecule has 1 aliphatic rings. The molecule has 0 saturated carbocycles. The summed E-state index contributed by atoms with van der Waals surface area (Å²) in [7, 11) is 1.60. The Hall–Kier alpha value is -2.12. The fourth-order valence-electron chi connectivity index (χ4n) is 2.45. The third-order valence-electron chi connectivity index (χ3n) is 3.71. The van der Waals surface area contributed by atoms with Gasteiger partial charge in [0.2, 0.25) is 5.88 Å². The smallest absolute Gasteiger partial charge is 0.267 e. The molecule has 22 heavy (non-hydrogen) atoms. The highest BCUT2D eigenvalue weighted by Gasteiger charge is 2.11. The quantitative estimate of drug-likeness (QED) is 0.847. The van der Waals surface area contributed by atoms with Crippen LogP contribution in [0.25, 0.3) is 10.9 Å². The van der Waals surface area contributed by atoms with Gasteiger partial charge in [0.1, 0.15) is 12.3 Å². The molecule has 0 bridgehead atoms. The molecule has 7 nitrogen and oxygen atoms in total. The number of aromatic amines is 1. The number of hydrogen-bond acceptors (Lipinski definition) is 5. The summed E-state index contributed by atoms with van der Waals surface area (Å²) in [6, 6.07) is 3.64. The second-order valence-electron chi connectivity index (χ2n) is 5.17. The number of carbonyl (C=O) groups excluding carboxylic acids is 1. The van der Waals surface area contributed by atoms with Gasteiger partial charge in [-0.05, 0) is 6.07 Å². The van der Waals surface area contributed by atoms with Gasteiger partial charge in [0.05, 0.1) is 24.9 Å². The molecular weight excluding hydrogens is 284 g/mol. The van der Waals surface area contributed by atoms with E-state index in [9.17, 15) is 4.79 Å². The molecule has 2 N–H and O–H groups in total. The highest BCUT2D eigenvalue weighted by molar-refractivity contribution is 5.97.